The van der Waals surface area contributed by atoms with Crippen LogP contribution in [0.5, 0.6) is 0 Å². The highest BCUT2D eigenvalue weighted by Gasteiger charge is 2.36. The van der Waals surface area contributed by atoms with Gasteiger partial charge in [-0.3, -0.25) is 58.0 Å². The second-order valence-corrected chi connectivity index (χ2v) is 10.6. The number of likely N-dealkylation sites (N-methyl/N-ethyl adjacent to an activating group) is 4. The molecule has 0 bridgehead atoms. The molecule has 43 heavy (non-hydrogen) atoms. The van der Waals surface area contributed by atoms with Gasteiger partial charge in [-0.1, -0.05) is 13.8 Å². The first-order valence-corrected chi connectivity index (χ1v) is 14.1. The van der Waals surface area contributed by atoms with Gasteiger partial charge >= 0.3 is 0 Å². The summed E-state index contributed by atoms with van der Waals surface area (Å²) in [6, 6.07) is 0. The van der Waals surface area contributed by atoms with E-state index < -0.39 is 0 Å². The molecule has 12 nitrogen and oxygen atoms in total. The van der Waals surface area contributed by atoms with Crippen LogP contribution >= 0.6 is 0 Å². The Balaban J connectivity index is 0.000000202. The van der Waals surface area contributed by atoms with Crippen LogP contribution in [-0.2, 0) is 38.4 Å². The molecule has 0 aromatic rings. The molecule has 0 saturated carbocycles. The van der Waals surface area contributed by atoms with E-state index in [0.717, 1.165) is 46.6 Å². The van der Waals surface area contributed by atoms with Gasteiger partial charge < -0.3 is 0 Å². The van der Waals surface area contributed by atoms with E-state index in [2.05, 4.69) is 0 Å². The number of hydrogen-bond donors (Lipinski definition) is 0. The van der Waals surface area contributed by atoms with Crippen LogP contribution in [-0.4, -0.2) is 95.0 Å². The molecule has 5 rings (SSSR count). The summed E-state index contributed by atoms with van der Waals surface area (Å²) in [6.45, 7) is 8.76. The quantitative estimate of drug-likeness (QED) is 0.441. The van der Waals surface area contributed by atoms with Crippen molar-refractivity contribution in [1.29, 1.82) is 0 Å². The number of hydrogen-bond acceptors (Lipinski definition) is 8. The van der Waals surface area contributed by atoms with Crippen LogP contribution in [0.3, 0.4) is 0 Å². The second-order valence-electron chi connectivity index (χ2n) is 10.6. The van der Waals surface area contributed by atoms with E-state index in [1.165, 1.54) is 37.0 Å². The molecule has 12 heteroatoms. The van der Waals surface area contributed by atoms with Crippen molar-refractivity contribution in [2.45, 2.75) is 73.1 Å². The molecule has 0 aromatic heterocycles. The van der Waals surface area contributed by atoms with Crippen LogP contribution in [0, 0.1) is 0 Å². The maximum absolute atomic E-state index is 11.4. The molecule has 0 saturated heterocycles. The number of carbonyl (C=O) groups is 8. The first-order chi connectivity index (χ1) is 20.0. The minimum Gasteiger partial charge on any atom is -0.278 e. The highest BCUT2D eigenvalue weighted by atomic mass is 16.2. The van der Waals surface area contributed by atoms with Crippen molar-refractivity contribution in [1.82, 2.24) is 19.6 Å². The molecule has 0 radical (unpaired) electrons. The zero-order chi connectivity index (χ0) is 32.9. The Morgan fingerprint density at radius 2 is 0.860 bits per heavy atom. The van der Waals surface area contributed by atoms with E-state index in [0.29, 0.717) is 40.7 Å². The molecule has 0 aromatic carbocycles. The average Bonchev–Trinajstić information content (AvgIpc) is 3.52. The van der Waals surface area contributed by atoms with Crippen LogP contribution in [0.2, 0.25) is 0 Å². The Kier molecular flexibility index (Phi) is 11.4. The normalized spacial score (nSPS) is 20.1. The third-order valence-electron chi connectivity index (χ3n) is 7.92. The first kappa shape index (κ1) is 34.7. The Bertz CT molecular complexity index is 1310. The van der Waals surface area contributed by atoms with Crippen LogP contribution in [0.25, 0.3) is 0 Å². The van der Waals surface area contributed by atoms with E-state index >= 15 is 0 Å². The van der Waals surface area contributed by atoms with Crippen LogP contribution in [0.4, 0.5) is 0 Å². The highest BCUT2D eigenvalue weighted by Crippen LogP contribution is 2.31. The molecule has 5 aliphatic rings. The summed E-state index contributed by atoms with van der Waals surface area (Å²) in [5.74, 6) is -1.18. The number of imide groups is 4. The van der Waals surface area contributed by atoms with Crippen LogP contribution in [0.1, 0.15) is 73.1 Å². The SMILES string of the molecule is CC1=C(C)C(=O)N(C)C1=O.CC1=CC(=O)N(C)C1=O.CCC1=C(CC)C(=O)N(C)C1=O.CN1C(=O)C2=C(CCCC2)C1=O. The van der Waals surface area contributed by atoms with Gasteiger partial charge in [0.2, 0.25) is 0 Å². The lowest BCUT2D eigenvalue weighted by molar-refractivity contribution is -0.137. The van der Waals surface area contributed by atoms with Crippen molar-refractivity contribution in [2.24, 2.45) is 0 Å². The molecule has 0 unspecified atom stereocenters. The molecular weight excluding hydrogens is 556 g/mol. The van der Waals surface area contributed by atoms with E-state index in [4.69, 9.17) is 0 Å². The predicted molar refractivity (Wildman–Crippen MR) is 156 cm³/mol. The Labute approximate surface area is 251 Å². The minimum atomic E-state index is -0.225. The fourth-order valence-electron chi connectivity index (χ4n) is 4.98. The molecule has 4 aliphatic heterocycles. The lowest BCUT2D eigenvalue weighted by atomic mass is 9.93. The van der Waals surface area contributed by atoms with Crippen molar-refractivity contribution < 1.29 is 38.4 Å². The van der Waals surface area contributed by atoms with Gasteiger partial charge in [-0.15, -0.1) is 0 Å². The van der Waals surface area contributed by atoms with Gasteiger partial charge in [0.25, 0.3) is 47.3 Å². The summed E-state index contributed by atoms with van der Waals surface area (Å²) in [6.07, 6.45) is 6.32. The van der Waals surface area contributed by atoms with Crippen molar-refractivity contribution >= 4 is 47.3 Å². The molecular formula is C31H40N4O8. The molecule has 4 heterocycles. The smallest absolute Gasteiger partial charge is 0.256 e. The molecule has 0 fully saturated rings. The van der Waals surface area contributed by atoms with Crippen molar-refractivity contribution in [3.8, 4) is 0 Å². The molecule has 1 aliphatic carbocycles. The molecule has 0 spiro atoms. The molecule has 0 atom stereocenters. The average molecular weight is 597 g/mol. The number of amides is 8. The number of nitrogens with zero attached hydrogens (tertiary/aromatic N) is 4. The van der Waals surface area contributed by atoms with Crippen LogP contribution in [0.15, 0.2) is 45.1 Å². The predicted octanol–water partition coefficient (Wildman–Crippen LogP) is 2.21. The fourth-order valence-corrected chi connectivity index (χ4v) is 4.98. The summed E-state index contributed by atoms with van der Waals surface area (Å²) in [4.78, 5) is 93.5. The van der Waals surface area contributed by atoms with Gasteiger partial charge in [-0.2, -0.15) is 0 Å². The van der Waals surface area contributed by atoms with Gasteiger partial charge in [0, 0.05) is 73.3 Å². The van der Waals surface area contributed by atoms with Gasteiger partial charge in [0.1, 0.15) is 0 Å². The lowest BCUT2D eigenvalue weighted by Gasteiger charge is -2.08. The number of rotatable bonds is 2. The number of carbonyl (C=O) groups excluding carboxylic acids is 8. The summed E-state index contributed by atoms with van der Waals surface area (Å²) >= 11 is 0. The van der Waals surface area contributed by atoms with Crippen molar-refractivity contribution in [3.05, 3.63) is 45.1 Å². The topological polar surface area (TPSA) is 150 Å². The van der Waals surface area contributed by atoms with Gasteiger partial charge in [-0.25, -0.2) is 0 Å². The zero-order valence-corrected chi connectivity index (χ0v) is 26.4. The van der Waals surface area contributed by atoms with Crippen molar-refractivity contribution in [3.63, 3.8) is 0 Å². The highest BCUT2D eigenvalue weighted by molar-refractivity contribution is 6.20. The van der Waals surface area contributed by atoms with E-state index in [-0.39, 0.29) is 47.3 Å². The van der Waals surface area contributed by atoms with E-state index in [1.54, 1.807) is 27.8 Å². The van der Waals surface area contributed by atoms with Gasteiger partial charge in [0.15, 0.2) is 0 Å². The largest absolute Gasteiger partial charge is 0.278 e. The summed E-state index contributed by atoms with van der Waals surface area (Å²) in [5.41, 5.74) is 4.56. The first-order valence-electron chi connectivity index (χ1n) is 14.1. The standard InChI is InChI=1S/C9H11NO2.C9H13NO2.C7H9NO2.C6H7NO2/c1-10-8(11)6-4-2-3-5-7(6)9(10)12;1-4-6-7(5-2)9(12)10(3)8(6)11;1-4-5(2)7(10)8(3)6(4)9;1-4-3-5(8)7(2)6(4)9/h2-5H2,1H3;4-5H2,1-3H3;1-3H3;3H,1-2H3. The molecule has 8 amide bonds. The summed E-state index contributed by atoms with van der Waals surface area (Å²) in [5, 5.41) is 0. The molecule has 232 valence electrons. The third-order valence-corrected chi connectivity index (χ3v) is 7.92. The lowest BCUT2D eigenvalue weighted by Crippen LogP contribution is -2.26. The minimum absolute atomic E-state index is 0.0744. The van der Waals surface area contributed by atoms with Crippen molar-refractivity contribution in [2.75, 3.05) is 28.2 Å². The Morgan fingerprint density at radius 1 is 0.512 bits per heavy atom. The fraction of sp³-hybridized carbons (Fsp3) is 0.484. The van der Waals surface area contributed by atoms with Gasteiger partial charge in [-0.05, 0) is 59.3 Å². The second kappa shape index (κ2) is 14.1. The summed E-state index contributed by atoms with van der Waals surface area (Å²) in [7, 11) is 6.05. The maximum Gasteiger partial charge on any atom is 0.256 e. The molecule has 0 N–H and O–H groups in total. The monoisotopic (exact) mass is 596 g/mol. The van der Waals surface area contributed by atoms with Crippen LogP contribution < -0.4 is 0 Å². The van der Waals surface area contributed by atoms with E-state index in [9.17, 15) is 38.4 Å². The van der Waals surface area contributed by atoms with Gasteiger partial charge in [0.05, 0.1) is 0 Å². The zero-order valence-electron chi connectivity index (χ0n) is 26.4. The summed E-state index contributed by atoms with van der Waals surface area (Å²) < 4.78 is 0. The maximum atomic E-state index is 11.4. The third kappa shape index (κ3) is 6.95. The van der Waals surface area contributed by atoms with E-state index in [1.807, 2.05) is 13.8 Å². The Hall–Kier alpha value is -4.48. The Morgan fingerprint density at radius 3 is 1.09 bits per heavy atom.